The van der Waals surface area contributed by atoms with E-state index in [0.717, 1.165) is 50.6 Å². The van der Waals surface area contributed by atoms with Gasteiger partial charge in [0.25, 0.3) is 5.91 Å². The predicted molar refractivity (Wildman–Crippen MR) is 190 cm³/mol. The van der Waals surface area contributed by atoms with E-state index in [1.54, 1.807) is 24.3 Å². The average Bonchev–Trinajstić information content (AvgIpc) is 3.10. The maximum atomic E-state index is 13.5. The molecule has 1 atom stereocenters. The Kier molecular flexibility index (Phi) is 10.8. The third-order valence-electron chi connectivity index (χ3n) is 9.32. The molecule has 248 valence electrons. The van der Waals surface area contributed by atoms with Crippen LogP contribution >= 0.6 is 11.6 Å². The van der Waals surface area contributed by atoms with Crippen LogP contribution in [0.3, 0.4) is 0 Å². The van der Waals surface area contributed by atoms with Crippen LogP contribution in [0.1, 0.15) is 78.1 Å². The second-order valence-corrected chi connectivity index (χ2v) is 13.1. The summed E-state index contributed by atoms with van der Waals surface area (Å²) in [5.41, 5.74) is 4.91. The van der Waals surface area contributed by atoms with Crippen molar-refractivity contribution in [3.63, 3.8) is 0 Å². The Morgan fingerprint density at radius 1 is 1.02 bits per heavy atom. The molecule has 1 saturated heterocycles. The summed E-state index contributed by atoms with van der Waals surface area (Å²) in [5, 5.41) is 4.11. The Bertz CT molecular complexity index is 1870. The summed E-state index contributed by atoms with van der Waals surface area (Å²) in [4.78, 5) is 41.1. The fourth-order valence-corrected chi connectivity index (χ4v) is 6.95. The number of hydrogen-bond donors (Lipinski definition) is 1. The number of nitrogens with one attached hydrogen (secondary N) is 1. The van der Waals surface area contributed by atoms with Crippen molar-refractivity contribution < 1.29 is 18.7 Å². The number of rotatable bonds is 11. The Morgan fingerprint density at radius 3 is 2.58 bits per heavy atom. The van der Waals surface area contributed by atoms with Crippen LogP contribution in [-0.4, -0.2) is 35.9 Å². The quantitative estimate of drug-likeness (QED) is 0.164. The molecule has 4 aromatic rings. The molecule has 2 amide bonds. The van der Waals surface area contributed by atoms with Crippen LogP contribution in [0.4, 0.5) is 0 Å². The third kappa shape index (κ3) is 8.26. The smallest absolute Gasteiger partial charge is 0.287 e. The lowest BCUT2D eigenvalue weighted by molar-refractivity contribution is -0.133. The molecule has 2 heterocycles. The molecule has 2 aliphatic rings. The Morgan fingerprint density at radius 2 is 1.81 bits per heavy atom. The molecule has 0 radical (unpaired) electrons. The zero-order valence-electron chi connectivity index (χ0n) is 27.1. The Hall–Kier alpha value is -4.62. The standard InChI is InChI=1S/C40H41ClN2O5/c1-2-21-47-33-18-19-37-35(24-33)36(44)25-38(48-37)40(46)42-32(23-28-12-16-31(41)17-13-28)22-27-10-14-29(15-11-27)34-8-4-3-7-30(34)26-43-20-6-5-9-39(43)45/h2-4,7-8,12-13,16-19,22,24-25,29,32H,1,5-6,9-11,14-15,20-21,23,26H2,(H,42,46)/t29?,32-/m0/s1. The van der Waals surface area contributed by atoms with Crippen molar-refractivity contribution in [1.82, 2.24) is 10.2 Å². The molecule has 1 aliphatic heterocycles. The van der Waals surface area contributed by atoms with Gasteiger partial charge in [-0.15, -0.1) is 0 Å². The maximum Gasteiger partial charge on any atom is 0.287 e. The first kappa shape index (κ1) is 33.3. The monoisotopic (exact) mass is 664 g/mol. The number of benzene rings is 3. The van der Waals surface area contributed by atoms with Gasteiger partial charge in [0.05, 0.1) is 11.4 Å². The van der Waals surface area contributed by atoms with Gasteiger partial charge in [0.15, 0.2) is 11.2 Å². The number of amides is 2. The van der Waals surface area contributed by atoms with Crippen LogP contribution in [0.25, 0.3) is 11.0 Å². The van der Waals surface area contributed by atoms with Gasteiger partial charge in [-0.05, 0) is 97.9 Å². The van der Waals surface area contributed by atoms with Crippen molar-refractivity contribution in [2.24, 2.45) is 0 Å². The molecule has 3 aromatic carbocycles. The first-order chi connectivity index (χ1) is 23.4. The summed E-state index contributed by atoms with van der Waals surface area (Å²) < 4.78 is 11.5. The lowest BCUT2D eigenvalue weighted by Gasteiger charge is -2.31. The highest BCUT2D eigenvalue weighted by Gasteiger charge is 2.25. The summed E-state index contributed by atoms with van der Waals surface area (Å²) in [5.74, 6) is 0.699. The molecule has 1 aliphatic carbocycles. The number of halogens is 1. The fourth-order valence-electron chi connectivity index (χ4n) is 6.82. The van der Waals surface area contributed by atoms with Gasteiger partial charge in [-0.1, -0.05) is 72.3 Å². The predicted octanol–water partition coefficient (Wildman–Crippen LogP) is 8.15. The molecule has 1 saturated carbocycles. The van der Waals surface area contributed by atoms with Crippen molar-refractivity contribution in [3.8, 4) is 5.75 Å². The first-order valence-corrected chi connectivity index (χ1v) is 17.2. The summed E-state index contributed by atoms with van der Waals surface area (Å²) in [6, 6.07) is 22.0. The largest absolute Gasteiger partial charge is 0.490 e. The maximum absolute atomic E-state index is 13.5. The lowest BCUT2D eigenvalue weighted by Crippen LogP contribution is -2.36. The number of likely N-dealkylation sites (tertiary alicyclic amines) is 1. The van der Waals surface area contributed by atoms with E-state index < -0.39 is 5.91 Å². The minimum absolute atomic E-state index is 0.0423. The van der Waals surface area contributed by atoms with Crippen LogP contribution in [0.2, 0.25) is 5.02 Å². The molecule has 8 heteroatoms. The van der Waals surface area contributed by atoms with Crippen LogP contribution in [-0.2, 0) is 17.8 Å². The van der Waals surface area contributed by atoms with Gasteiger partial charge in [0.1, 0.15) is 17.9 Å². The Labute approximate surface area is 286 Å². The van der Waals surface area contributed by atoms with Crippen LogP contribution in [0.5, 0.6) is 5.75 Å². The van der Waals surface area contributed by atoms with E-state index in [0.29, 0.717) is 53.7 Å². The molecule has 0 spiro atoms. The molecule has 2 fully saturated rings. The van der Waals surface area contributed by atoms with E-state index in [1.165, 1.54) is 22.8 Å². The summed E-state index contributed by atoms with van der Waals surface area (Å²) in [7, 11) is 0. The van der Waals surface area contributed by atoms with E-state index in [9.17, 15) is 14.4 Å². The number of ether oxygens (including phenoxy) is 1. The molecule has 1 aromatic heterocycles. The highest BCUT2D eigenvalue weighted by atomic mass is 35.5. The van der Waals surface area contributed by atoms with Gasteiger partial charge in [-0.25, -0.2) is 0 Å². The van der Waals surface area contributed by atoms with E-state index in [4.69, 9.17) is 20.8 Å². The highest BCUT2D eigenvalue weighted by molar-refractivity contribution is 6.30. The number of nitrogens with zero attached hydrogens (tertiary/aromatic N) is 1. The zero-order valence-corrected chi connectivity index (χ0v) is 27.8. The zero-order chi connectivity index (χ0) is 33.5. The molecular weight excluding hydrogens is 624 g/mol. The second kappa shape index (κ2) is 15.5. The van der Waals surface area contributed by atoms with Crippen LogP contribution in [0.15, 0.2) is 106 Å². The molecule has 0 bridgehead atoms. The average molecular weight is 665 g/mol. The summed E-state index contributed by atoms with van der Waals surface area (Å²) in [6.45, 7) is 5.47. The third-order valence-corrected chi connectivity index (χ3v) is 9.57. The van der Waals surface area contributed by atoms with Gasteiger partial charge in [-0.2, -0.15) is 0 Å². The van der Waals surface area contributed by atoms with Gasteiger partial charge in [0, 0.05) is 30.6 Å². The topological polar surface area (TPSA) is 88.8 Å². The van der Waals surface area contributed by atoms with Gasteiger partial charge < -0.3 is 19.4 Å². The summed E-state index contributed by atoms with van der Waals surface area (Å²) >= 11 is 6.15. The number of piperidine rings is 1. The number of carbonyl (C=O) groups excluding carboxylic acids is 2. The van der Waals surface area contributed by atoms with Gasteiger partial charge in [-0.3, -0.25) is 14.4 Å². The van der Waals surface area contributed by atoms with Crippen molar-refractivity contribution >= 4 is 34.4 Å². The van der Waals surface area contributed by atoms with E-state index >= 15 is 0 Å². The second-order valence-electron chi connectivity index (χ2n) is 12.7. The van der Waals surface area contributed by atoms with E-state index in [2.05, 4.69) is 42.2 Å². The number of hydrogen-bond acceptors (Lipinski definition) is 5. The van der Waals surface area contributed by atoms with Crippen molar-refractivity contribution in [1.29, 1.82) is 0 Å². The van der Waals surface area contributed by atoms with Crippen molar-refractivity contribution in [3.05, 3.63) is 135 Å². The molecule has 0 unspecified atom stereocenters. The molecule has 6 rings (SSSR count). The summed E-state index contributed by atoms with van der Waals surface area (Å²) in [6.07, 6.45) is 10.9. The van der Waals surface area contributed by atoms with Gasteiger partial charge >= 0.3 is 0 Å². The van der Waals surface area contributed by atoms with Crippen molar-refractivity contribution in [2.45, 2.75) is 69.9 Å². The molecular formula is C40H41ClN2O5. The normalized spacial score (nSPS) is 17.2. The molecule has 7 nitrogen and oxygen atoms in total. The van der Waals surface area contributed by atoms with E-state index in [1.807, 2.05) is 29.2 Å². The molecule has 48 heavy (non-hydrogen) atoms. The minimum atomic E-state index is -0.452. The minimum Gasteiger partial charge on any atom is -0.490 e. The van der Waals surface area contributed by atoms with Crippen LogP contribution < -0.4 is 15.5 Å². The highest BCUT2D eigenvalue weighted by Crippen LogP contribution is 2.37. The van der Waals surface area contributed by atoms with Crippen LogP contribution in [0, 0.1) is 0 Å². The molecule has 1 N–H and O–H groups in total. The Balaban J connectivity index is 1.18. The SMILES string of the molecule is C=CCOc1ccc2oc(C(=O)N[C@@H](C=C3CCC(c4ccccc4CN4CCCCC4=O)CC3)Cc3ccc(Cl)cc3)cc(=O)c2c1. The lowest BCUT2D eigenvalue weighted by atomic mass is 9.79. The van der Waals surface area contributed by atoms with Crippen molar-refractivity contribution in [2.75, 3.05) is 13.2 Å². The number of fused-ring (bicyclic) bond motifs is 1. The van der Waals surface area contributed by atoms with Gasteiger partial charge in [0.2, 0.25) is 5.91 Å². The first-order valence-electron chi connectivity index (χ1n) is 16.8. The number of allylic oxidation sites excluding steroid dienone is 1. The number of carbonyl (C=O) groups is 2. The fraction of sp³-hybridized carbons (Fsp3) is 0.325. The van der Waals surface area contributed by atoms with E-state index in [-0.39, 0.29) is 23.1 Å².